The molecule has 0 radical (unpaired) electrons. The van der Waals surface area contributed by atoms with Gasteiger partial charge < -0.3 is 9.97 Å². The number of hydrogen-bond acceptors (Lipinski definition) is 5. The minimum absolute atomic E-state index is 0.279. The van der Waals surface area contributed by atoms with Gasteiger partial charge in [0.1, 0.15) is 0 Å². The third kappa shape index (κ3) is 10.5. The van der Waals surface area contributed by atoms with Crippen molar-refractivity contribution in [2.45, 2.75) is 163 Å². The molecule has 9 aromatic rings. The number of fused-ring (bicyclic) bond motifs is 15. The molecule has 6 aromatic heterocycles. The van der Waals surface area contributed by atoms with Gasteiger partial charge in [0.25, 0.3) is 0 Å². The van der Waals surface area contributed by atoms with Crippen LogP contribution < -0.4 is 0 Å². The van der Waals surface area contributed by atoms with Crippen LogP contribution in [0.25, 0.3) is 110 Å². The molecule has 6 atom stereocenters. The maximum absolute atomic E-state index is 5.61. The number of rotatable bonds is 17. The first-order chi connectivity index (χ1) is 43.2. The molecule has 448 valence electrons. The van der Waals surface area contributed by atoms with Crippen LogP contribution in [0.15, 0.2) is 127 Å². The number of unbranched alkanes of at least 4 members (excludes halogenated alkanes) is 6. The van der Waals surface area contributed by atoms with Crippen LogP contribution in [0.1, 0.15) is 193 Å². The fraction of sp³-hybridized carbons (Fsp3) is 0.383. The van der Waals surface area contributed by atoms with E-state index in [1.165, 1.54) is 185 Å². The zero-order valence-corrected chi connectivity index (χ0v) is 55.0. The fourth-order valence-electron chi connectivity index (χ4n) is 17.5. The monoisotopic (exact) mass is 1210 g/mol. The third-order valence-electron chi connectivity index (χ3n) is 22.3. The Balaban J connectivity index is 0.711. The largest absolute Gasteiger partial charge is 0.355 e. The zero-order valence-electron chi connectivity index (χ0n) is 52.5. The molecule has 8 heterocycles. The van der Waals surface area contributed by atoms with Gasteiger partial charge in [-0.25, -0.2) is 9.97 Å². The summed E-state index contributed by atoms with van der Waals surface area (Å²) in [5.74, 6) is 3.17. The van der Waals surface area contributed by atoms with Gasteiger partial charge in [-0.15, -0.1) is 34.0 Å². The van der Waals surface area contributed by atoms with E-state index in [4.69, 9.17) is 9.97 Å². The lowest BCUT2D eigenvalue weighted by atomic mass is 9.45. The molecule has 15 rings (SSSR count). The summed E-state index contributed by atoms with van der Waals surface area (Å²) in [6.07, 6.45) is 38.5. The second-order valence-corrected chi connectivity index (χ2v) is 30.7. The summed E-state index contributed by atoms with van der Waals surface area (Å²) in [6, 6.07) is 44.0. The van der Waals surface area contributed by atoms with E-state index in [2.05, 4.69) is 196 Å². The van der Waals surface area contributed by atoms with Crippen LogP contribution >= 0.6 is 34.0 Å². The number of aryl methyl sites for hydroxylation is 2. The van der Waals surface area contributed by atoms with Gasteiger partial charge in [0.15, 0.2) is 0 Å². The molecular formula is C81H86N4S3. The molecule has 6 aliphatic rings. The maximum atomic E-state index is 5.61. The molecule has 2 N–H and O–H groups in total. The fourth-order valence-corrected chi connectivity index (χ4v) is 20.8. The van der Waals surface area contributed by atoms with E-state index < -0.39 is 0 Å². The summed E-state index contributed by atoms with van der Waals surface area (Å²) in [5, 5.41) is 5.37. The molecule has 3 saturated carbocycles. The third-order valence-corrected chi connectivity index (χ3v) is 25.8. The second-order valence-electron chi connectivity index (χ2n) is 27.4. The Kier molecular flexibility index (Phi) is 15.9. The lowest BCUT2D eigenvalue weighted by Crippen LogP contribution is -2.51. The number of nitrogens with zero attached hydrogens (tertiary/aromatic N) is 2. The Morgan fingerprint density at radius 2 is 1.07 bits per heavy atom. The molecule has 3 aromatic carbocycles. The lowest BCUT2D eigenvalue weighted by Gasteiger charge is -2.59. The van der Waals surface area contributed by atoms with Crippen molar-refractivity contribution in [2.75, 3.05) is 0 Å². The summed E-state index contributed by atoms with van der Waals surface area (Å²) >= 11 is 5.92. The minimum Gasteiger partial charge on any atom is -0.355 e. The zero-order chi connectivity index (χ0) is 59.5. The van der Waals surface area contributed by atoms with Gasteiger partial charge in [-0.05, 0) is 254 Å². The number of hydrogen-bond donors (Lipinski definition) is 2. The van der Waals surface area contributed by atoms with E-state index in [-0.39, 0.29) is 5.41 Å². The summed E-state index contributed by atoms with van der Waals surface area (Å²) < 4.78 is 0. The predicted molar refractivity (Wildman–Crippen MR) is 383 cm³/mol. The van der Waals surface area contributed by atoms with Crippen molar-refractivity contribution in [3.63, 3.8) is 0 Å². The Bertz CT molecular complexity index is 4370. The van der Waals surface area contributed by atoms with E-state index in [1.54, 1.807) is 11.1 Å². The predicted octanol–water partition coefficient (Wildman–Crippen LogP) is 24.5. The highest BCUT2D eigenvalue weighted by Crippen LogP contribution is 2.68. The van der Waals surface area contributed by atoms with Gasteiger partial charge in [0.05, 0.1) is 22.8 Å². The average Bonchev–Trinajstić information content (AvgIpc) is 1.41. The molecular weight excluding hydrogens is 1130 g/mol. The highest BCUT2D eigenvalue weighted by Gasteiger charge is 2.58. The van der Waals surface area contributed by atoms with Crippen molar-refractivity contribution in [2.24, 2.45) is 34.5 Å². The van der Waals surface area contributed by atoms with Gasteiger partial charge in [-0.1, -0.05) is 133 Å². The molecule has 88 heavy (non-hydrogen) atoms. The van der Waals surface area contributed by atoms with E-state index in [1.807, 2.05) is 34.0 Å². The Morgan fingerprint density at radius 3 is 1.78 bits per heavy atom. The van der Waals surface area contributed by atoms with Crippen LogP contribution in [0.2, 0.25) is 0 Å². The van der Waals surface area contributed by atoms with Crippen LogP contribution in [0.5, 0.6) is 0 Å². The second kappa shape index (κ2) is 24.3. The number of nitrogens with one attached hydrogen (secondary N) is 2. The number of aromatic nitrogens is 4. The molecule has 4 aliphatic carbocycles. The summed E-state index contributed by atoms with van der Waals surface area (Å²) in [4.78, 5) is 27.3. The molecule has 8 bridgehead atoms. The van der Waals surface area contributed by atoms with Crippen molar-refractivity contribution in [3.05, 3.63) is 176 Å². The van der Waals surface area contributed by atoms with Crippen LogP contribution in [0.3, 0.4) is 0 Å². The molecule has 7 heteroatoms. The van der Waals surface area contributed by atoms with Crippen LogP contribution in [-0.4, -0.2) is 19.9 Å². The summed E-state index contributed by atoms with van der Waals surface area (Å²) in [7, 11) is 0. The molecule has 4 nitrogen and oxygen atoms in total. The molecule has 2 aliphatic heterocycles. The van der Waals surface area contributed by atoms with Crippen LogP contribution in [-0.2, 0) is 19.3 Å². The molecule has 0 spiro atoms. The highest BCUT2D eigenvalue weighted by atomic mass is 32.1. The topological polar surface area (TPSA) is 57.4 Å². The molecule has 0 saturated heterocycles. The van der Waals surface area contributed by atoms with Crippen molar-refractivity contribution in [3.8, 4) is 30.6 Å². The van der Waals surface area contributed by atoms with E-state index in [9.17, 15) is 0 Å². The minimum atomic E-state index is 0.279. The van der Waals surface area contributed by atoms with Gasteiger partial charge in [-0.2, -0.15) is 0 Å². The lowest BCUT2D eigenvalue weighted by molar-refractivity contribution is -0.0793. The van der Waals surface area contributed by atoms with Gasteiger partial charge in [0, 0.05) is 73.6 Å². The molecule has 3 fully saturated rings. The number of thiophene rings is 3. The number of allylic oxidation sites excluding steroid dienone is 3. The van der Waals surface area contributed by atoms with E-state index in [0.717, 1.165) is 90.5 Å². The Labute approximate surface area is 534 Å². The van der Waals surface area contributed by atoms with Gasteiger partial charge in [-0.3, -0.25) is 0 Å². The summed E-state index contributed by atoms with van der Waals surface area (Å²) in [6.45, 7) is 12.3. The first-order valence-corrected chi connectivity index (χ1v) is 36.4. The first-order valence-electron chi connectivity index (χ1n) is 33.9. The smallest absolute Gasteiger partial charge is 0.0745 e. The van der Waals surface area contributed by atoms with Crippen molar-refractivity contribution >= 4 is 114 Å². The number of benzene rings is 3. The SMILES string of the molecule is CCCCCc1c2nc(c(CCCCC)c3ccc([nH]3)c(CCCCC)c3ccc([nH]3)c(-c3ccc(-c4ccc(/C=C5\CC[C@H]6[C@@H]7CC[C@H]8CC(c9ccc(-c%10c%11ccccc%11cc%11ccccc%10%11)s9)=CC[C@]8(C)[C@H]7CC[C@]56C)s4)s3)c3nc1C=C3)C=C2. The quantitative estimate of drug-likeness (QED) is 0.0705. The standard InChI is InChI=1S/C81H86N4S3/c1-6-9-12-23-60-65-31-33-67(82-65)61(24-13-10-7-2)69-35-37-71(84-69)79(72-38-36-70(85-72)62(25-14-11-8-3)68-34-32-66(60)83-68)77-43-41-75(88-77)74-39-28-56(86-74)50-55-27-30-63-59-29-26-54-49-53(44-46-80(54,4)64(59)45-47-81(55,63)5)73-40-42-76(87-73)78-57-21-17-15-19-51(57)48-52-20-16-18-22-58(52)78/h15-22,28,31-44,48,50,54,59,63-64,82,84H,6-14,23-27,29-30,45-47,49H2,1-5H3/b55-50+,65-60?,66-60?,67-61?,68-62?,69-61?,70-62?,79-71?,79-72?/t54-,59-,63-,64-,80-,81+/m0/s1. The average molecular weight is 1210 g/mol. The molecule has 0 unspecified atom stereocenters. The number of H-pyrrole nitrogens is 2. The van der Waals surface area contributed by atoms with Crippen molar-refractivity contribution < 1.29 is 0 Å². The van der Waals surface area contributed by atoms with Gasteiger partial charge >= 0.3 is 0 Å². The normalized spacial score (nSPS) is 22.6. The first kappa shape index (κ1) is 57.8. The highest BCUT2D eigenvalue weighted by molar-refractivity contribution is 7.24. The van der Waals surface area contributed by atoms with E-state index in [0.29, 0.717) is 5.41 Å². The van der Waals surface area contributed by atoms with Crippen molar-refractivity contribution in [1.82, 2.24) is 19.9 Å². The maximum Gasteiger partial charge on any atom is 0.0745 e. The molecule has 0 amide bonds. The van der Waals surface area contributed by atoms with Crippen molar-refractivity contribution in [1.29, 1.82) is 0 Å². The summed E-state index contributed by atoms with van der Waals surface area (Å²) in [5.41, 5.74) is 19.4. The number of aromatic amines is 2. The Morgan fingerprint density at radius 1 is 0.511 bits per heavy atom. The van der Waals surface area contributed by atoms with Crippen LogP contribution in [0, 0.1) is 34.5 Å². The van der Waals surface area contributed by atoms with E-state index >= 15 is 0 Å². The van der Waals surface area contributed by atoms with Gasteiger partial charge in [0.2, 0.25) is 0 Å². The Hall–Kier alpha value is -6.64. The van der Waals surface area contributed by atoms with Crippen LogP contribution in [0.4, 0.5) is 0 Å².